The summed E-state index contributed by atoms with van der Waals surface area (Å²) in [6.45, 7) is 2.03. The molecule has 1 amide bonds. The number of H-pyrrole nitrogens is 2. The van der Waals surface area contributed by atoms with Crippen LogP contribution in [0.1, 0.15) is 26.4 Å². The molecule has 9 nitrogen and oxygen atoms in total. The number of rotatable bonds is 5. The number of benzene rings is 3. The molecule has 0 radical (unpaired) electrons. The van der Waals surface area contributed by atoms with E-state index >= 15 is 0 Å². The van der Waals surface area contributed by atoms with Gasteiger partial charge in [0.1, 0.15) is 5.75 Å². The number of hydrogen-bond acceptors (Lipinski definition) is 5. The van der Waals surface area contributed by atoms with Crippen molar-refractivity contribution in [3.8, 4) is 11.5 Å². The summed E-state index contributed by atoms with van der Waals surface area (Å²) in [7, 11) is 0. The SMILES string of the molecule is O=C(c1cc2c(C(=O)N3CCOCC3)cccc2[nH]1)c1c[nH]n2c1nc1cc(Oc3cccc(F)c3F)ccc12. The Morgan fingerprint density at radius 3 is 2.65 bits per heavy atom. The van der Waals surface area contributed by atoms with E-state index in [1.807, 2.05) is 6.07 Å². The van der Waals surface area contributed by atoms with Gasteiger partial charge in [0.15, 0.2) is 17.2 Å². The average Bonchev–Trinajstić information content (AvgIpc) is 3.68. The number of morpholine rings is 1. The minimum absolute atomic E-state index is 0.105. The molecule has 1 fully saturated rings. The molecule has 1 aliphatic heterocycles. The van der Waals surface area contributed by atoms with E-state index < -0.39 is 11.6 Å². The zero-order valence-corrected chi connectivity index (χ0v) is 20.9. The normalized spacial score (nSPS) is 13.9. The lowest BCUT2D eigenvalue weighted by Gasteiger charge is -2.27. The fourth-order valence-corrected chi connectivity index (χ4v) is 5.03. The Balaban J connectivity index is 1.22. The molecule has 3 aromatic heterocycles. The van der Waals surface area contributed by atoms with E-state index in [0.29, 0.717) is 70.7 Å². The molecule has 0 atom stereocenters. The third-order valence-corrected chi connectivity index (χ3v) is 7.03. The van der Waals surface area contributed by atoms with Gasteiger partial charge < -0.3 is 19.4 Å². The summed E-state index contributed by atoms with van der Waals surface area (Å²) in [6, 6.07) is 15.6. The number of aromatic amines is 2. The van der Waals surface area contributed by atoms with Crippen molar-refractivity contribution in [1.82, 2.24) is 24.5 Å². The molecule has 0 bridgehead atoms. The molecule has 0 unspecified atom stereocenters. The predicted octanol–water partition coefficient (Wildman–Crippen LogP) is 5.07. The van der Waals surface area contributed by atoms with Gasteiger partial charge in [-0.15, -0.1) is 0 Å². The van der Waals surface area contributed by atoms with Crippen LogP contribution < -0.4 is 4.74 Å². The minimum atomic E-state index is -1.08. The van der Waals surface area contributed by atoms with Gasteiger partial charge in [-0.1, -0.05) is 12.1 Å². The molecule has 0 saturated carbocycles. The molecule has 0 aliphatic carbocycles. The van der Waals surface area contributed by atoms with Crippen molar-refractivity contribution < 1.29 is 27.8 Å². The molecular weight excluding hydrogens is 520 g/mol. The van der Waals surface area contributed by atoms with Gasteiger partial charge in [0.05, 0.1) is 35.5 Å². The molecule has 1 aliphatic rings. The summed E-state index contributed by atoms with van der Waals surface area (Å²) >= 11 is 0. The third-order valence-electron chi connectivity index (χ3n) is 7.03. The first-order valence-corrected chi connectivity index (χ1v) is 12.6. The standard InChI is InChI=1S/C29H21F2N5O4/c30-20-4-2-6-25(26(20)31)40-16-7-8-24-22(13-16)34-28-19(15-32-36(24)28)27(37)23-14-18-17(3-1-5-21(18)33-23)29(38)35-9-11-39-12-10-35/h1-8,13-15,32-33H,9-12H2. The minimum Gasteiger partial charge on any atom is -0.454 e. The smallest absolute Gasteiger partial charge is 0.254 e. The highest BCUT2D eigenvalue weighted by Gasteiger charge is 2.24. The van der Waals surface area contributed by atoms with Gasteiger partial charge >= 0.3 is 0 Å². The van der Waals surface area contributed by atoms with Crippen LogP contribution in [0.15, 0.2) is 66.9 Å². The summed E-state index contributed by atoms with van der Waals surface area (Å²) in [6.07, 6.45) is 1.57. The number of halogens is 2. The second-order valence-corrected chi connectivity index (χ2v) is 9.45. The molecule has 2 N–H and O–H groups in total. The lowest BCUT2D eigenvalue weighted by molar-refractivity contribution is 0.0304. The summed E-state index contributed by atoms with van der Waals surface area (Å²) in [4.78, 5) is 36.3. The third kappa shape index (κ3) is 3.90. The number of imidazole rings is 1. The van der Waals surface area contributed by atoms with E-state index in [1.54, 1.807) is 52.0 Å². The zero-order chi connectivity index (χ0) is 27.4. The summed E-state index contributed by atoms with van der Waals surface area (Å²) < 4.78 is 40.2. The van der Waals surface area contributed by atoms with Crippen molar-refractivity contribution in [3.05, 3.63) is 95.3 Å². The van der Waals surface area contributed by atoms with E-state index in [1.165, 1.54) is 12.1 Å². The van der Waals surface area contributed by atoms with Crippen LogP contribution in [0.5, 0.6) is 11.5 Å². The van der Waals surface area contributed by atoms with E-state index in [4.69, 9.17) is 9.47 Å². The largest absolute Gasteiger partial charge is 0.454 e. The molecule has 11 heteroatoms. The van der Waals surface area contributed by atoms with Crippen molar-refractivity contribution in [2.45, 2.75) is 0 Å². The number of nitrogens with zero attached hydrogens (tertiary/aromatic N) is 3. The first kappa shape index (κ1) is 24.0. The maximum atomic E-state index is 14.1. The summed E-state index contributed by atoms with van der Waals surface area (Å²) in [5, 5.41) is 3.71. The van der Waals surface area contributed by atoms with Crippen LogP contribution in [-0.4, -0.2) is 62.5 Å². The van der Waals surface area contributed by atoms with Crippen molar-refractivity contribution >= 4 is 39.3 Å². The highest BCUT2D eigenvalue weighted by molar-refractivity contribution is 6.15. The average molecular weight is 542 g/mol. The van der Waals surface area contributed by atoms with Gasteiger partial charge in [0.25, 0.3) is 5.91 Å². The van der Waals surface area contributed by atoms with Gasteiger partial charge in [-0.2, -0.15) is 4.39 Å². The van der Waals surface area contributed by atoms with E-state index in [2.05, 4.69) is 15.1 Å². The fourth-order valence-electron chi connectivity index (χ4n) is 5.03. The predicted molar refractivity (Wildman–Crippen MR) is 142 cm³/mol. The highest BCUT2D eigenvalue weighted by Crippen LogP contribution is 2.30. The van der Waals surface area contributed by atoms with Crippen molar-refractivity contribution in [1.29, 1.82) is 0 Å². The number of hydrogen-bond donors (Lipinski definition) is 2. The van der Waals surface area contributed by atoms with Crippen LogP contribution >= 0.6 is 0 Å². The number of ether oxygens (including phenoxy) is 2. The summed E-state index contributed by atoms with van der Waals surface area (Å²) in [5.74, 6) is -2.48. The molecule has 4 heterocycles. The first-order chi connectivity index (χ1) is 19.5. The topological polar surface area (TPSA) is 105 Å². The van der Waals surface area contributed by atoms with Crippen LogP contribution in [0.4, 0.5) is 8.78 Å². The van der Waals surface area contributed by atoms with Gasteiger partial charge in [0, 0.05) is 41.8 Å². The maximum Gasteiger partial charge on any atom is 0.254 e. The molecule has 3 aromatic carbocycles. The van der Waals surface area contributed by atoms with Gasteiger partial charge in [-0.3, -0.25) is 14.7 Å². The van der Waals surface area contributed by atoms with Gasteiger partial charge in [-0.05, 0) is 42.5 Å². The van der Waals surface area contributed by atoms with Crippen LogP contribution in [0, 0.1) is 11.6 Å². The van der Waals surface area contributed by atoms with Crippen LogP contribution in [-0.2, 0) is 4.74 Å². The summed E-state index contributed by atoms with van der Waals surface area (Å²) in [5.41, 5.74) is 3.37. The number of nitrogens with one attached hydrogen (secondary N) is 2. The Hall–Kier alpha value is -5.03. The molecule has 7 rings (SSSR count). The molecule has 200 valence electrons. The molecule has 0 spiro atoms. The van der Waals surface area contributed by atoms with Crippen molar-refractivity contribution in [2.24, 2.45) is 0 Å². The molecule has 40 heavy (non-hydrogen) atoms. The Morgan fingerprint density at radius 2 is 1.80 bits per heavy atom. The zero-order valence-electron chi connectivity index (χ0n) is 20.9. The Bertz CT molecular complexity index is 1950. The van der Waals surface area contributed by atoms with Crippen LogP contribution in [0.3, 0.4) is 0 Å². The van der Waals surface area contributed by atoms with Gasteiger partial charge in [-0.25, -0.2) is 13.9 Å². The Kier molecular flexibility index (Phi) is 5.60. The second-order valence-electron chi connectivity index (χ2n) is 9.45. The molecule has 1 saturated heterocycles. The van der Waals surface area contributed by atoms with E-state index in [0.717, 1.165) is 6.07 Å². The Labute approximate surface area is 224 Å². The quantitative estimate of drug-likeness (QED) is 0.297. The highest BCUT2D eigenvalue weighted by atomic mass is 19.2. The van der Waals surface area contributed by atoms with Crippen molar-refractivity contribution in [3.63, 3.8) is 0 Å². The number of carbonyl (C=O) groups excluding carboxylic acids is 2. The van der Waals surface area contributed by atoms with Gasteiger partial charge in [0.2, 0.25) is 11.6 Å². The maximum absolute atomic E-state index is 14.1. The van der Waals surface area contributed by atoms with E-state index in [9.17, 15) is 18.4 Å². The number of aromatic nitrogens is 4. The lowest BCUT2D eigenvalue weighted by Crippen LogP contribution is -2.40. The first-order valence-electron chi connectivity index (χ1n) is 12.6. The molecular formula is C29H21F2N5O4. The Morgan fingerprint density at radius 1 is 0.975 bits per heavy atom. The van der Waals surface area contributed by atoms with Crippen LogP contribution in [0.25, 0.3) is 27.6 Å². The molecule has 6 aromatic rings. The van der Waals surface area contributed by atoms with Crippen LogP contribution in [0.2, 0.25) is 0 Å². The number of fused-ring (bicyclic) bond motifs is 4. The monoisotopic (exact) mass is 541 g/mol. The second kappa shape index (κ2) is 9.31. The fraction of sp³-hybridized carbons (Fsp3) is 0.138. The number of ketones is 1. The van der Waals surface area contributed by atoms with E-state index in [-0.39, 0.29) is 23.2 Å². The number of amides is 1. The number of carbonyl (C=O) groups is 2. The van der Waals surface area contributed by atoms with Crippen molar-refractivity contribution in [2.75, 3.05) is 26.3 Å². The lowest BCUT2D eigenvalue weighted by atomic mass is 10.1.